The molecule has 7 heteroatoms. The maximum absolute atomic E-state index is 11.9. The van der Waals surface area contributed by atoms with Crippen LogP contribution in [0.3, 0.4) is 0 Å². The predicted octanol–water partition coefficient (Wildman–Crippen LogP) is 2.53. The molecule has 0 radical (unpaired) electrons. The molecule has 0 fully saturated rings. The summed E-state index contributed by atoms with van der Waals surface area (Å²) in [4.78, 5) is 11.9. The number of carbonyl (C=O) groups excluding carboxylic acids is 1. The van der Waals surface area contributed by atoms with Crippen LogP contribution < -0.4 is 5.32 Å². The molecule has 1 N–H and O–H groups in total. The molecular formula is C14H23NO5S. The summed E-state index contributed by atoms with van der Waals surface area (Å²) >= 11 is 0. The number of alkyl carbamates (subject to hydrolysis) is 1. The van der Waals surface area contributed by atoms with E-state index >= 15 is 0 Å². The van der Waals surface area contributed by atoms with Crippen LogP contribution in [0.15, 0.2) is 22.8 Å². The van der Waals surface area contributed by atoms with Crippen LogP contribution in [0.4, 0.5) is 4.79 Å². The van der Waals surface area contributed by atoms with Crippen LogP contribution in [0, 0.1) is 5.92 Å². The lowest BCUT2D eigenvalue weighted by atomic mass is 10.0. The average Bonchev–Trinajstić information content (AvgIpc) is 2.73. The Morgan fingerprint density at radius 2 is 2.05 bits per heavy atom. The number of sulfone groups is 1. The van der Waals surface area contributed by atoms with Gasteiger partial charge in [0, 0.05) is 6.26 Å². The van der Waals surface area contributed by atoms with E-state index in [-0.39, 0.29) is 11.7 Å². The minimum Gasteiger partial charge on any atom is -0.467 e. The minimum absolute atomic E-state index is 0.0613. The molecule has 0 saturated carbocycles. The molecule has 1 rings (SSSR count). The van der Waals surface area contributed by atoms with E-state index in [9.17, 15) is 13.2 Å². The molecule has 2 atom stereocenters. The maximum Gasteiger partial charge on any atom is 0.408 e. The maximum atomic E-state index is 11.9. The summed E-state index contributed by atoms with van der Waals surface area (Å²) in [5.41, 5.74) is -0.627. The fourth-order valence-electron chi connectivity index (χ4n) is 1.97. The quantitative estimate of drug-likeness (QED) is 0.902. The van der Waals surface area contributed by atoms with Gasteiger partial charge in [-0.1, -0.05) is 6.92 Å². The lowest BCUT2D eigenvalue weighted by Crippen LogP contribution is -2.38. The van der Waals surface area contributed by atoms with Gasteiger partial charge in [-0.05, 0) is 38.8 Å². The zero-order valence-corrected chi connectivity index (χ0v) is 13.9. The van der Waals surface area contributed by atoms with Gasteiger partial charge in [0.2, 0.25) is 0 Å². The molecule has 1 heterocycles. The van der Waals surface area contributed by atoms with E-state index in [1.807, 2.05) is 0 Å². The van der Waals surface area contributed by atoms with E-state index in [0.717, 1.165) is 6.26 Å². The number of nitrogens with one attached hydrogen (secondary N) is 1. The Balaban J connectivity index is 2.87. The zero-order chi connectivity index (χ0) is 16.3. The Kier molecular flexibility index (Phi) is 5.44. The molecule has 0 aliphatic heterocycles. The summed E-state index contributed by atoms with van der Waals surface area (Å²) in [7, 11) is -3.16. The number of hydrogen-bond acceptors (Lipinski definition) is 5. The van der Waals surface area contributed by atoms with Gasteiger partial charge in [0.25, 0.3) is 0 Å². The van der Waals surface area contributed by atoms with Crippen LogP contribution in [0.1, 0.15) is 39.5 Å². The summed E-state index contributed by atoms with van der Waals surface area (Å²) in [6.45, 7) is 7.02. The van der Waals surface area contributed by atoms with Gasteiger partial charge >= 0.3 is 6.09 Å². The first-order valence-corrected chi connectivity index (χ1v) is 8.74. The first-order valence-electron chi connectivity index (χ1n) is 6.68. The molecule has 0 bridgehead atoms. The monoisotopic (exact) mass is 317 g/mol. The Labute approximate surface area is 125 Å². The topological polar surface area (TPSA) is 85.6 Å². The molecule has 0 spiro atoms. The van der Waals surface area contributed by atoms with Crippen molar-refractivity contribution in [2.24, 2.45) is 5.92 Å². The second-order valence-electron chi connectivity index (χ2n) is 6.21. The number of rotatable bonds is 5. The smallest absolute Gasteiger partial charge is 0.408 e. The first-order chi connectivity index (χ1) is 9.48. The molecular weight excluding hydrogens is 294 g/mol. The third kappa shape index (κ3) is 6.66. The van der Waals surface area contributed by atoms with Crippen molar-refractivity contribution in [3.63, 3.8) is 0 Å². The van der Waals surface area contributed by atoms with Crippen LogP contribution in [-0.4, -0.2) is 32.1 Å². The van der Waals surface area contributed by atoms with Crippen molar-refractivity contribution in [1.82, 2.24) is 5.32 Å². The largest absolute Gasteiger partial charge is 0.467 e. The van der Waals surface area contributed by atoms with E-state index in [0.29, 0.717) is 5.76 Å². The molecule has 1 aromatic heterocycles. The minimum atomic E-state index is -3.16. The Bertz CT molecular complexity index is 557. The molecule has 0 saturated heterocycles. The molecule has 0 aromatic carbocycles. The summed E-state index contributed by atoms with van der Waals surface area (Å²) in [5, 5.41) is 2.68. The average molecular weight is 317 g/mol. The molecule has 120 valence electrons. The van der Waals surface area contributed by atoms with Gasteiger partial charge in [0.05, 0.1) is 18.1 Å². The van der Waals surface area contributed by atoms with Gasteiger partial charge in [0.1, 0.15) is 21.2 Å². The number of furan rings is 1. The van der Waals surface area contributed by atoms with Crippen LogP contribution in [-0.2, 0) is 14.6 Å². The number of ether oxygens (including phenoxy) is 1. The highest BCUT2D eigenvalue weighted by atomic mass is 32.2. The van der Waals surface area contributed by atoms with Crippen molar-refractivity contribution in [3.05, 3.63) is 24.2 Å². The van der Waals surface area contributed by atoms with E-state index in [2.05, 4.69) is 5.32 Å². The van der Waals surface area contributed by atoms with Crippen LogP contribution in [0.5, 0.6) is 0 Å². The number of hydrogen-bond donors (Lipinski definition) is 1. The summed E-state index contributed by atoms with van der Waals surface area (Å²) in [6, 6.07) is 2.82. The van der Waals surface area contributed by atoms with E-state index in [1.165, 1.54) is 6.26 Å². The highest BCUT2D eigenvalue weighted by Gasteiger charge is 2.28. The summed E-state index contributed by atoms with van der Waals surface area (Å²) < 4.78 is 33.4. The van der Waals surface area contributed by atoms with Crippen molar-refractivity contribution in [3.8, 4) is 0 Å². The second kappa shape index (κ2) is 6.51. The van der Waals surface area contributed by atoms with E-state index in [1.54, 1.807) is 39.8 Å². The second-order valence-corrected chi connectivity index (χ2v) is 8.39. The fourth-order valence-corrected chi connectivity index (χ4v) is 3.12. The van der Waals surface area contributed by atoms with Crippen LogP contribution in [0.2, 0.25) is 0 Å². The zero-order valence-electron chi connectivity index (χ0n) is 13.0. The predicted molar refractivity (Wildman–Crippen MR) is 79.7 cm³/mol. The van der Waals surface area contributed by atoms with Gasteiger partial charge < -0.3 is 14.5 Å². The lowest BCUT2D eigenvalue weighted by Gasteiger charge is -2.25. The third-order valence-corrected chi connectivity index (χ3v) is 3.79. The fraction of sp³-hybridized carbons (Fsp3) is 0.643. The Morgan fingerprint density at radius 1 is 1.43 bits per heavy atom. The molecule has 21 heavy (non-hydrogen) atoms. The molecule has 0 aliphatic rings. The van der Waals surface area contributed by atoms with Gasteiger partial charge in [-0.15, -0.1) is 0 Å². The SMILES string of the molecule is C[C@H](CS(C)(=O)=O)[C@H](NC(=O)OC(C)(C)C)c1ccco1. The molecule has 0 unspecified atom stereocenters. The Morgan fingerprint density at radius 3 is 2.48 bits per heavy atom. The van der Waals surface area contributed by atoms with Crippen molar-refractivity contribution in [2.75, 3.05) is 12.0 Å². The standard InChI is InChI=1S/C14H23NO5S/c1-10(9-21(5,17)18)12(11-7-6-8-19-11)15-13(16)20-14(2,3)4/h6-8,10,12H,9H2,1-5H3,(H,15,16)/t10-,12+/m1/s1. The first kappa shape index (κ1) is 17.6. The van der Waals surface area contributed by atoms with Gasteiger partial charge in [0.15, 0.2) is 0 Å². The van der Waals surface area contributed by atoms with Crippen molar-refractivity contribution in [1.29, 1.82) is 0 Å². The van der Waals surface area contributed by atoms with Crippen molar-refractivity contribution < 1.29 is 22.4 Å². The third-order valence-electron chi connectivity index (χ3n) is 2.66. The molecule has 1 aromatic rings. The normalized spacial score (nSPS) is 15.3. The molecule has 1 amide bonds. The lowest BCUT2D eigenvalue weighted by molar-refractivity contribution is 0.0481. The van der Waals surface area contributed by atoms with Crippen LogP contribution in [0.25, 0.3) is 0 Å². The highest BCUT2D eigenvalue weighted by Crippen LogP contribution is 2.24. The van der Waals surface area contributed by atoms with E-state index < -0.39 is 27.6 Å². The van der Waals surface area contributed by atoms with Crippen molar-refractivity contribution >= 4 is 15.9 Å². The molecule has 6 nitrogen and oxygen atoms in total. The van der Waals surface area contributed by atoms with Crippen LogP contribution >= 0.6 is 0 Å². The van der Waals surface area contributed by atoms with Gasteiger partial charge in [-0.25, -0.2) is 13.2 Å². The number of amides is 1. The summed E-state index contributed by atoms with van der Waals surface area (Å²) in [6.07, 6.45) is 2.03. The van der Waals surface area contributed by atoms with E-state index in [4.69, 9.17) is 9.15 Å². The van der Waals surface area contributed by atoms with Crippen molar-refractivity contribution in [2.45, 2.75) is 39.3 Å². The summed E-state index contributed by atoms with van der Waals surface area (Å²) in [5.74, 6) is 0.0874. The number of carbonyl (C=O) groups is 1. The highest BCUT2D eigenvalue weighted by molar-refractivity contribution is 7.90. The van der Waals surface area contributed by atoms with Gasteiger partial charge in [-0.3, -0.25) is 0 Å². The van der Waals surface area contributed by atoms with Gasteiger partial charge in [-0.2, -0.15) is 0 Å². The Hall–Kier alpha value is -1.50. The molecule has 0 aliphatic carbocycles.